The number of benzene rings is 1. The monoisotopic (exact) mass is 392 g/mol. The first-order chi connectivity index (χ1) is 13.5. The summed E-state index contributed by atoms with van der Waals surface area (Å²) in [4.78, 5) is 32.5. The van der Waals surface area contributed by atoms with E-state index >= 15 is 0 Å². The molecule has 3 fully saturated rings. The number of fused-ring (bicyclic) bond motifs is 5. The van der Waals surface area contributed by atoms with Gasteiger partial charge in [-0.3, -0.25) is 9.59 Å². The topological polar surface area (TPSA) is 50.3 Å². The standard InChI is InChI=1S/C23H24N2O2S/c1-4-13-5-7-14(8-6-13)17-11-28-23(24-17)25-21(26)19-15-9-10-16(18(15)12(2)3)20(19)22(25)27/h5-8,11,15-16,19-20H,4,9-10H2,1-3H3/t15-,16-,19+,20+/m0/s1. The van der Waals surface area contributed by atoms with Crippen LogP contribution in [0.15, 0.2) is 40.8 Å². The van der Waals surface area contributed by atoms with Gasteiger partial charge < -0.3 is 0 Å². The van der Waals surface area contributed by atoms with Gasteiger partial charge in [-0.1, -0.05) is 42.3 Å². The van der Waals surface area contributed by atoms with Crippen molar-refractivity contribution in [3.8, 4) is 11.3 Å². The van der Waals surface area contributed by atoms with E-state index in [0.717, 1.165) is 30.5 Å². The molecule has 0 unspecified atom stereocenters. The number of aromatic nitrogens is 1. The van der Waals surface area contributed by atoms with Crippen molar-refractivity contribution in [2.24, 2.45) is 23.7 Å². The SMILES string of the molecule is CCc1ccc(-c2csc(N3C(=O)[C@H]4[C@H](C3=O)[C@H]3CC[C@H]4C3=C(C)C)n2)cc1. The summed E-state index contributed by atoms with van der Waals surface area (Å²) >= 11 is 1.39. The summed E-state index contributed by atoms with van der Waals surface area (Å²) in [6, 6.07) is 8.32. The largest absolute Gasteiger partial charge is 0.274 e. The van der Waals surface area contributed by atoms with Crippen LogP contribution in [0.4, 0.5) is 5.13 Å². The Bertz CT molecular complexity index is 968. The molecule has 2 heterocycles. The first-order valence-electron chi connectivity index (χ1n) is 10.1. The zero-order valence-electron chi connectivity index (χ0n) is 16.4. The summed E-state index contributed by atoms with van der Waals surface area (Å²) in [6.07, 6.45) is 3.07. The van der Waals surface area contributed by atoms with Crippen molar-refractivity contribution < 1.29 is 9.59 Å². The Morgan fingerprint density at radius 1 is 1.07 bits per heavy atom. The van der Waals surface area contributed by atoms with Gasteiger partial charge in [-0.2, -0.15) is 0 Å². The van der Waals surface area contributed by atoms with Gasteiger partial charge in [-0.15, -0.1) is 11.3 Å². The lowest BCUT2D eigenvalue weighted by molar-refractivity contribution is -0.123. The van der Waals surface area contributed by atoms with Gasteiger partial charge in [0.1, 0.15) is 0 Å². The molecule has 3 aliphatic rings. The zero-order chi connectivity index (χ0) is 19.6. The van der Waals surface area contributed by atoms with Crippen molar-refractivity contribution >= 4 is 28.3 Å². The van der Waals surface area contributed by atoms with Crippen molar-refractivity contribution in [1.82, 2.24) is 4.98 Å². The minimum atomic E-state index is -0.174. The van der Waals surface area contributed by atoms with Gasteiger partial charge in [0.15, 0.2) is 5.13 Å². The Balaban J connectivity index is 1.46. The maximum atomic E-state index is 13.2. The van der Waals surface area contributed by atoms with E-state index in [0.29, 0.717) is 5.13 Å². The highest BCUT2D eigenvalue weighted by Gasteiger charge is 2.64. The van der Waals surface area contributed by atoms with E-state index < -0.39 is 0 Å². The number of amides is 2. The number of aryl methyl sites for hydroxylation is 1. The van der Waals surface area contributed by atoms with E-state index in [4.69, 9.17) is 0 Å². The highest BCUT2D eigenvalue weighted by molar-refractivity contribution is 7.14. The van der Waals surface area contributed by atoms with Gasteiger partial charge in [-0.25, -0.2) is 9.88 Å². The molecule has 0 spiro atoms. The van der Waals surface area contributed by atoms with Crippen molar-refractivity contribution in [2.75, 3.05) is 4.90 Å². The predicted octanol–water partition coefficient (Wildman–Crippen LogP) is 4.85. The number of anilines is 1. The molecule has 5 heteroatoms. The molecule has 1 saturated heterocycles. The number of hydrogen-bond donors (Lipinski definition) is 0. The van der Waals surface area contributed by atoms with Crippen molar-refractivity contribution in [2.45, 2.75) is 40.0 Å². The van der Waals surface area contributed by atoms with E-state index in [1.165, 1.54) is 32.9 Å². The van der Waals surface area contributed by atoms with Gasteiger partial charge in [0, 0.05) is 10.9 Å². The molecule has 2 saturated carbocycles. The molecular formula is C23H24N2O2S. The molecule has 1 aliphatic heterocycles. The van der Waals surface area contributed by atoms with Crippen LogP contribution in [-0.2, 0) is 16.0 Å². The number of imide groups is 1. The van der Waals surface area contributed by atoms with Crippen LogP contribution >= 0.6 is 11.3 Å². The van der Waals surface area contributed by atoms with Crippen LogP contribution in [-0.4, -0.2) is 16.8 Å². The first kappa shape index (κ1) is 17.8. The Kier molecular flexibility index (Phi) is 4.05. The fourth-order valence-corrected chi connectivity index (χ4v) is 6.43. The summed E-state index contributed by atoms with van der Waals surface area (Å²) in [6.45, 7) is 6.36. The van der Waals surface area contributed by atoms with Crippen LogP contribution in [0.3, 0.4) is 0 Å². The number of nitrogens with zero attached hydrogens (tertiary/aromatic N) is 2. The van der Waals surface area contributed by atoms with Crippen molar-refractivity contribution in [3.05, 3.63) is 46.4 Å². The quantitative estimate of drug-likeness (QED) is 0.554. The number of rotatable bonds is 3. The Hall–Kier alpha value is -2.27. The lowest BCUT2D eigenvalue weighted by atomic mass is 9.81. The molecule has 0 N–H and O–H groups in total. The minimum Gasteiger partial charge on any atom is -0.274 e. The van der Waals surface area contributed by atoms with Gasteiger partial charge in [0.25, 0.3) is 0 Å². The molecule has 1 aromatic carbocycles. The molecule has 144 valence electrons. The van der Waals surface area contributed by atoms with E-state index in [9.17, 15) is 9.59 Å². The summed E-state index contributed by atoms with van der Waals surface area (Å²) in [7, 11) is 0. The van der Waals surface area contributed by atoms with Gasteiger partial charge in [-0.05, 0) is 50.5 Å². The fourth-order valence-electron chi connectivity index (χ4n) is 5.59. The normalized spacial score (nSPS) is 28.4. The molecule has 1 aromatic heterocycles. The molecule has 28 heavy (non-hydrogen) atoms. The number of carbonyl (C=O) groups excluding carboxylic acids is 2. The molecule has 4 atom stereocenters. The summed E-state index contributed by atoms with van der Waals surface area (Å²) in [5, 5.41) is 2.47. The molecular weight excluding hydrogens is 368 g/mol. The van der Waals surface area contributed by atoms with Crippen LogP contribution in [0.5, 0.6) is 0 Å². The van der Waals surface area contributed by atoms with Crippen LogP contribution in [0.25, 0.3) is 11.3 Å². The summed E-state index contributed by atoms with van der Waals surface area (Å²) in [5.74, 6) is 0.0796. The van der Waals surface area contributed by atoms with Crippen LogP contribution < -0.4 is 4.90 Å². The fraction of sp³-hybridized carbons (Fsp3) is 0.435. The average molecular weight is 393 g/mol. The zero-order valence-corrected chi connectivity index (χ0v) is 17.3. The lowest BCUT2D eigenvalue weighted by Crippen LogP contribution is -2.33. The number of thiazole rings is 1. The van der Waals surface area contributed by atoms with Gasteiger partial charge >= 0.3 is 0 Å². The smallest absolute Gasteiger partial charge is 0.240 e. The van der Waals surface area contributed by atoms with Crippen LogP contribution in [0, 0.1) is 23.7 Å². The number of carbonyl (C=O) groups is 2. The molecule has 2 aromatic rings. The lowest BCUT2D eigenvalue weighted by Gasteiger charge is -2.18. The third-order valence-corrected chi connectivity index (χ3v) is 7.60. The average Bonchev–Trinajstić information content (AvgIpc) is 3.44. The predicted molar refractivity (Wildman–Crippen MR) is 111 cm³/mol. The van der Waals surface area contributed by atoms with Crippen LogP contribution in [0.1, 0.15) is 39.2 Å². The second kappa shape index (κ2) is 6.38. The molecule has 2 bridgehead atoms. The van der Waals surface area contributed by atoms with E-state index in [1.54, 1.807) is 0 Å². The Labute approximate surface area is 169 Å². The van der Waals surface area contributed by atoms with Crippen molar-refractivity contribution in [3.63, 3.8) is 0 Å². The maximum absolute atomic E-state index is 13.2. The summed E-state index contributed by atoms with van der Waals surface area (Å²) < 4.78 is 0. The van der Waals surface area contributed by atoms with E-state index in [2.05, 4.69) is 50.0 Å². The molecule has 0 radical (unpaired) electrons. The minimum absolute atomic E-state index is 0.0387. The van der Waals surface area contributed by atoms with E-state index in [1.807, 2.05) is 5.38 Å². The molecule has 2 amide bonds. The Morgan fingerprint density at radius 2 is 1.68 bits per heavy atom. The second-order valence-corrected chi connectivity index (χ2v) is 9.21. The van der Waals surface area contributed by atoms with Gasteiger partial charge in [0.05, 0.1) is 17.5 Å². The van der Waals surface area contributed by atoms with Gasteiger partial charge in [0.2, 0.25) is 11.8 Å². The summed E-state index contributed by atoms with van der Waals surface area (Å²) in [5.41, 5.74) is 5.80. The number of allylic oxidation sites excluding steroid dienone is 2. The highest BCUT2D eigenvalue weighted by Crippen LogP contribution is 2.60. The number of hydrogen-bond acceptors (Lipinski definition) is 4. The third kappa shape index (κ3) is 2.38. The first-order valence-corrected chi connectivity index (χ1v) is 11.0. The molecule has 2 aliphatic carbocycles. The maximum Gasteiger partial charge on any atom is 0.240 e. The molecule has 4 nitrogen and oxygen atoms in total. The Morgan fingerprint density at radius 3 is 2.21 bits per heavy atom. The van der Waals surface area contributed by atoms with Crippen molar-refractivity contribution in [1.29, 1.82) is 0 Å². The molecule has 5 rings (SSSR count). The third-order valence-electron chi connectivity index (χ3n) is 6.77. The highest BCUT2D eigenvalue weighted by atomic mass is 32.1. The van der Waals surface area contributed by atoms with Crippen LogP contribution in [0.2, 0.25) is 0 Å². The van der Waals surface area contributed by atoms with E-state index in [-0.39, 0.29) is 35.5 Å². The second-order valence-electron chi connectivity index (χ2n) is 8.37.